The lowest BCUT2D eigenvalue weighted by Gasteiger charge is -2.47. The summed E-state index contributed by atoms with van der Waals surface area (Å²) >= 11 is 0. The largest absolute Gasteiger partial charge is 0.464 e. The molecule has 0 bridgehead atoms. The summed E-state index contributed by atoms with van der Waals surface area (Å²) in [5, 5.41) is 37.6. The van der Waals surface area contributed by atoms with Crippen molar-refractivity contribution in [2.24, 2.45) is 23.7 Å². The molecule has 2 fully saturated rings. The zero-order valence-electron chi connectivity index (χ0n) is 34.4. The van der Waals surface area contributed by atoms with Crippen molar-refractivity contribution in [2.75, 3.05) is 27.7 Å². The number of esters is 1. The van der Waals surface area contributed by atoms with Crippen molar-refractivity contribution >= 4 is 23.4 Å². The molecular weight excluding hydrogens is 724 g/mol. The van der Waals surface area contributed by atoms with Crippen LogP contribution < -0.4 is 5.32 Å². The molecule has 2 saturated heterocycles. The summed E-state index contributed by atoms with van der Waals surface area (Å²) in [6, 6.07) is 10.5. The van der Waals surface area contributed by atoms with Gasteiger partial charge in [0.25, 0.3) is 0 Å². The average Bonchev–Trinajstić information content (AvgIpc) is 3.70. The van der Waals surface area contributed by atoms with Gasteiger partial charge in [-0.15, -0.1) is 0 Å². The van der Waals surface area contributed by atoms with Crippen LogP contribution in [0.3, 0.4) is 0 Å². The van der Waals surface area contributed by atoms with E-state index < -0.39 is 83.1 Å². The molecule has 0 aliphatic carbocycles. The monoisotopic (exact) mass is 786 g/mol. The maximum atomic E-state index is 14.2. The van der Waals surface area contributed by atoms with Gasteiger partial charge in [-0.05, 0) is 72.3 Å². The van der Waals surface area contributed by atoms with Crippen LogP contribution in [-0.2, 0) is 44.5 Å². The molecule has 312 valence electrons. The summed E-state index contributed by atoms with van der Waals surface area (Å²) in [5.74, 6) is -6.02. The molecule has 2 aromatic rings. The maximum absolute atomic E-state index is 14.2. The van der Waals surface area contributed by atoms with Crippen molar-refractivity contribution in [1.29, 1.82) is 0 Å². The van der Waals surface area contributed by atoms with Crippen LogP contribution in [0.4, 0.5) is 0 Å². The molecule has 2 aliphatic rings. The molecule has 3 heterocycles. The minimum atomic E-state index is -2.18. The number of amides is 1. The number of Topliss-reactive ketones (excluding diaryl/α,β-unsaturated/α-hetero) is 2. The molecule has 13 atom stereocenters. The van der Waals surface area contributed by atoms with Gasteiger partial charge in [0, 0.05) is 49.4 Å². The highest BCUT2D eigenvalue weighted by Crippen LogP contribution is 2.38. The summed E-state index contributed by atoms with van der Waals surface area (Å²) in [4.78, 5) is 57.1. The molecule has 0 spiro atoms. The number of aliphatic hydroxyl groups excluding tert-OH is 2. The number of benzene rings is 1. The molecule has 14 nitrogen and oxygen atoms in total. The fraction of sp³-hybridized carbons (Fsp3) is 0.667. The Hall–Kier alpha value is -3.50. The van der Waals surface area contributed by atoms with Crippen molar-refractivity contribution in [3.63, 3.8) is 0 Å². The highest BCUT2D eigenvalue weighted by molar-refractivity contribution is 6.00. The first-order chi connectivity index (χ1) is 26.2. The van der Waals surface area contributed by atoms with Gasteiger partial charge in [0.15, 0.2) is 12.1 Å². The number of cyclic esters (lactones) is 1. The second-order valence-corrected chi connectivity index (χ2v) is 16.4. The first-order valence-electron chi connectivity index (χ1n) is 19.5. The second-order valence-electron chi connectivity index (χ2n) is 16.4. The predicted molar refractivity (Wildman–Crippen MR) is 206 cm³/mol. The summed E-state index contributed by atoms with van der Waals surface area (Å²) < 4.78 is 30.0. The third kappa shape index (κ3) is 10.1. The normalized spacial score (nSPS) is 36.5. The first kappa shape index (κ1) is 45.2. The van der Waals surface area contributed by atoms with Gasteiger partial charge in [0.05, 0.1) is 36.6 Å². The third-order valence-electron chi connectivity index (χ3n) is 11.8. The Balaban J connectivity index is 1.61. The van der Waals surface area contributed by atoms with E-state index in [0.29, 0.717) is 12.2 Å². The SMILES string of the molecule is CO[C@]1(C)C[C@@H](C)C(=O)[C@H](C)[C@@H](O)[C@](C)(O)[C@@H](CCNC(=O)Cc2ccccc2-c2ccco2)OC(=O)[C@H](C)C(=O)[C@H](C)[C@H]1OC1OC(C)CC(N(C)C)C1O. The number of carbonyl (C=O) groups is 4. The number of aliphatic hydroxyl groups is 3. The van der Waals surface area contributed by atoms with Crippen LogP contribution in [0.25, 0.3) is 11.3 Å². The number of carbonyl (C=O) groups excluding carboxylic acids is 4. The summed E-state index contributed by atoms with van der Waals surface area (Å²) in [6.45, 7) is 10.9. The van der Waals surface area contributed by atoms with Crippen LogP contribution in [-0.4, -0.2) is 125 Å². The third-order valence-corrected chi connectivity index (χ3v) is 11.8. The molecule has 2 aliphatic heterocycles. The van der Waals surface area contributed by atoms with Crippen LogP contribution in [0.15, 0.2) is 47.1 Å². The number of ketones is 2. The standard InChI is InChI=1S/C42H62N2O12/c1-23-22-41(6,52-10)38(56-40-36(48)30(44(8)9)20-24(2)54-40)26(4)35(47)27(5)39(50)55-32(42(7,51)37(49)25(3)34(23)46)17-18-43-33(45)21-28-14-11-12-15-29(28)31-16-13-19-53-31/h11-16,19,23-27,30,32,36-38,40,48-49,51H,17-18,20-22H2,1-10H3,(H,43,45)/t23-,24?,25+,26+,27-,30?,32-,36?,37-,38-,40?,41-,42-/m1/s1. The van der Waals surface area contributed by atoms with Crippen LogP contribution in [0, 0.1) is 23.7 Å². The number of rotatable bonds is 10. The molecule has 1 aromatic heterocycles. The van der Waals surface area contributed by atoms with E-state index in [2.05, 4.69) is 5.32 Å². The Morgan fingerprint density at radius 2 is 1.66 bits per heavy atom. The average molecular weight is 787 g/mol. The maximum Gasteiger partial charge on any atom is 0.316 e. The van der Waals surface area contributed by atoms with Crippen molar-refractivity contribution in [2.45, 2.75) is 128 Å². The van der Waals surface area contributed by atoms with Gasteiger partial charge < -0.3 is 48.9 Å². The summed E-state index contributed by atoms with van der Waals surface area (Å²) in [7, 11) is 5.11. The summed E-state index contributed by atoms with van der Waals surface area (Å²) in [5.41, 5.74) is -2.03. The quantitative estimate of drug-likeness (QED) is 0.203. The lowest BCUT2D eigenvalue weighted by molar-refractivity contribution is -0.295. The Morgan fingerprint density at radius 1 is 0.982 bits per heavy atom. The topological polar surface area (TPSA) is 194 Å². The number of methoxy groups -OCH3 is 1. The van der Waals surface area contributed by atoms with E-state index >= 15 is 0 Å². The van der Waals surface area contributed by atoms with E-state index in [1.165, 1.54) is 27.9 Å². The Labute approximate surface area is 330 Å². The minimum Gasteiger partial charge on any atom is -0.464 e. The molecule has 4 N–H and O–H groups in total. The van der Waals surface area contributed by atoms with Gasteiger partial charge in [0.2, 0.25) is 5.91 Å². The van der Waals surface area contributed by atoms with Crippen molar-refractivity contribution < 1.29 is 57.9 Å². The highest BCUT2D eigenvalue weighted by Gasteiger charge is 2.52. The van der Waals surface area contributed by atoms with Crippen LogP contribution >= 0.6 is 0 Å². The molecular formula is C42H62N2O12. The molecule has 1 aromatic carbocycles. The molecule has 14 heteroatoms. The zero-order valence-corrected chi connectivity index (χ0v) is 34.4. The highest BCUT2D eigenvalue weighted by atomic mass is 16.7. The van der Waals surface area contributed by atoms with Gasteiger partial charge in [0.1, 0.15) is 35.3 Å². The van der Waals surface area contributed by atoms with E-state index in [1.54, 1.807) is 39.2 Å². The summed E-state index contributed by atoms with van der Waals surface area (Å²) in [6.07, 6.45) is -4.85. The van der Waals surface area contributed by atoms with Crippen LogP contribution in [0.1, 0.15) is 73.3 Å². The van der Waals surface area contributed by atoms with E-state index in [0.717, 1.165) is 11.1 Å². The Kier molecular flexibility index (Phi) is 15.2. The van der Waals surface area contributed by atoms with E-state index in [9.17, 15) is 34.5 Å². The molecule has 4 rings (SSSR count). The van der Waals surface area contributed by atoms with Gasteiger partial charge in [-0.2, -0.15) is 0 Å². The molecule has 0 saturated carbocycles. The number of furan rings is 1. The molecule has 0 radical (unpaired) electrons. The molecule has 1 amide bonds. The Morgan fingerprint density at radius 3 is 2.29 bits per heavy atom. The van der Waals surface area contributed by atoms with Gasteiger partial charge in [-0.1, -0.05) is 45.0 Å². The van der Waals surface area contributed by atoms with Crippen LogP contribution in [0.5, 0.6) is 0 Å². The van der Waals surface area contributed by atoms with E-state index in [4.69, 9.17) is 23.4 Å². The number of nitrogens with zero attached hydrogens (tertiary/aromatic N) is 1. The predicted octanol–water partition coefficient (Wildman–Crippen LogP) is 3.32. The zero-order chi connectivity index (χ0) is 41.7. The lowest BCUT2D eigenvalue weighted by atomic mass is 9.74. The molecule has 56 heavy (non-hydrogen) atoms. The molecule has 4 unspecified atom stereocenters. The van der Waals surface area contributed by atoms with E-state index in [1.807, 2.05) is 50.2 Å². The fourth-order valence-corrected chi connectivity index (χ4v) is 8.21. The first-order valence-corrected chi connectivity index (χ1v) is 19.5. The minimum absolute atomic E-state index is 0.00840. The van der Waals surface area contributed by atoms with Gasteiger partial charge in [-0.3, -0.25) is 19.2 Å². The van der Waals surface area contributed by atoms with Gasteiger partial charge >= 0.3 is 5.97 Å². The second kappa shape index (κ2) is 18.8. The van der Waals surface area contributed by atoms with Crippen molar-refractivity contribution in [3.05, 3.63) is 48.2 Å². The van der Waals surface area contributed by atoms with Gasteiger partial charge in [-0.25, -0.2) is 0 Å². The number of hydrogen-bond acceptors (Lipinski definition) is 13. The Bertz CT molecular complexity index is 1650. The van der Waals surface area contributed by atoms with Crippen molar-refractivity contribution in [3.8, 4) is 11.3 Å². The van der Waals surface area contributed by atoms with Crippen molar-refractivity contribution in [1.82, 2.24) is 10.2 Å². The number of ether oxygens (including phenoxy) is 4. The smallest absolute Gasteiger partial charge is 0.316 e. The van der Waals surface area contributed by atoms with Crippen LogP contribution in [0.2, 0.25) is 0 Å². The number of likely N-dealkylation sites (N-methyl/N-ethyl adjacent to an activating group) is 1. The number of hydrogen-bond donors (Lipinski definition) is 4. The fourth-order valence-electron chi connectivity index (χ4n) is 8.21. The number of nitrogens with one attached hydrogen (secondary N) is 1. The van der Waals surface area contributed by atoms with E-state index in [-0.39, 0.29) is 43.9 Å². The lowest BCUT2D eigenvalue weighted by Crippen LogP contribution is -2.60.